The van der Waals surface area contributed by atoms with Gasteiger partial charge in [-0.15, -0.1) is 0 Å². The van der Waals surface area contributed by atoms with Crippen LogP contribution in [0.15, 0.2) is 11.2 Å². The van der Waals surface area contributed by atoms with Crippen LogP contribution in [0.1, 0.15) is 19.4 Å². The Morgan fingerprint density at radius 3 is 2.79 bits per heavy atom. The number of aliphatic hydroxyl groups excluding tert-OH is 1. The lowest BCUT2D eigenvalue weighted by Crippen LogP contribution is -2.31. The van der Waals surface area contributed by atoms with Gasteiger partial charge in [-0.2, -0.15) is 5.10 Å². The van der Waals surface area contributed by atoms with Crippen LogP contribution in [0.25, 0.3) is 0 Å². The average molecular weight is 219 g/mol. The van der Waals surface area contributed by atoms with E-state index in [9.17, 15) is 8.42 Å². The molecule has 0 aliphatic rings. The SMILES string of the molecule is CC(C)NS(=O)(=O)c1[nH]ncc1CO. The van der Waals surface area contributed by atoms with Crippen LogP contribution in [0, 0.1) is 0 Å². The third-order valence-electron chi connectivity index (χ3n) is 1.51. The zero-order valence-corrected chi connectivity index (χ0v) is 8.80. The number of nitrogens with one attached hydrogen (secondary N) is 2. The number of aromatic nitrogens is 2. The molecule has 0 aliphatic carbocycles. The molecule has 14 heavy (non-hydrogen) atoms. The first-order valence-corrected chi connectivity index (χ1v) is 5.61. The van der Waals surface area contributed by atoms with Crippen molar-refractivity contribution in [3.05, 3.63) is 11.8 Å². The van der Waals surface area contributed by atoms with E-state index in [1.807, 2.05) is 0 Å². The fourth-order valence-corrected chi connectivity index (χ4v) is 2.39. The van der Waals surface area contributed by atoms with Gasteiger partial charge in [0.15, 0.2) is 5.03 Å². The fourth-order valence-electron chi connectivity index (χ4n) is 1.01. The third-order valence-corrected chi connectivity index (χ3v) is 3.18. The van der Waals surface area contributed by atoms with Crippen LogP contribution in [-0.4, -0.2) is 29.8 Å². The van der Waals surface area contributed by atoms with Crippen molar-refractivity contribution in [2.75, 3.05) is 0 Å². The molecule has 0 aromatic carbocycles. The van der Waals surface area contributed by atoms with E-state index >= 15 is 0 Å². The molecular weight excluding hydrogens is 206 g/mol. The first-order valence-electron chi connectivity index (χ1n) is 4.13. The Bertz CT molecular complexity index is 396. The van der Waals surface area contributed by atoms with Gasteiger partial charge in [0.2, 0.25) is 0 Å². The maximum atomic E-state index is 11.6. The molecule has 0 atom stereocenters. The monoisotopic (exact) mass is 219 g/mol. The largest absolute Gasteiger partial charge is 0.392 e. The van der Waals surface area contributed by atoms with Crippen LogP contribution < -0.4 is 4.72 Å². The standard InChI is InChI=1S/C7H13N3O3S/c1-5(2)10-14(12,13)7-6(4-11)3-8-9-7/h3,5,10-11H,4H2,1-2H3,(H,8,9). The number of nitrogens with zero attached hydrogens (tertiary/aromatic N) is 1. The molecule has 80 valence electrons. The molecule has 0 fully saturated rings. The summed E-state index contributed by atoms with van der Waals surface area (Å²) in [5.74, 6) is 0. The Hall–Kier alpha value is -0.920. The van der Waals surface area contributed by atoms with Crippen LogP contribution >= 0.6 is 0 Å². The minimum absolute atomic E-state index is 0.0753. The van der Waals surface area contributed by atoms with Crippen molar-refractivity contribution in [3.63, 3.8) is 0 Å². The summed E-state index contributed by atoms with van der Waals surface area (Å²) in [4.78, 5) is 0. The van der Waals surface area contributed by atoms with Crippen LogP contribution in [0.2, 0.25) is 0 Å². The quantitative estimate of drug-likeness (QED) is 0.641. The van der Waals surface area contributed by atoms with Gasteiger partial charge in [0.05, 0.1) is 12.8 Å². The summed E-state index contributed by atoms with van der Waals surface area (Å²) in [7, 11) is -3.59. The van der Waals surface area contributed by atoms with Gasteiger partial charge in [-0.3, -0.25) is 5.10 Å². The Labute approximate surface area is 82.4 Å². The summed E-state index contributed by atoms with van der Waals surface area (Å²) in [6.07, 6.45) is 1.29. The molecule has 0 saturated heterocycles. The van der Waals surface area contributed by atoms with Crippen molar-refractivity contribution in [2.45, 2.75) is 31.5 Å². The van der Waals surface area contributed by atoms with Crippen molar-refractivity contribution in [2.24, 2.45) is 0 Å². The number of rotatable bonds is 4. The molecule has 3 N–H and O–H groups in total. The molecule has 0 spiro atoms. The van der Waals surface area contributed by atoms with Crippen molar-refractivity contribution < 1.29 is 13.5 Å². The molecule has 1 aromatic heterocycles. The molecule has 0 bridgehead atoms. The minimum Gasteiger partial charge on any atom is -0.392 e. The van der Waals surface area contributed by atoms with E-state index in [4.69, 9.17) is 5.11 Å². The van der Waals surface area contributed by atoms with Gasteiger partial charge < -0.3 is 5.11 Å². The maximum absolute atomic E-state index is 11.6. The number of sulfonamides is 1. The van der Waals surface area contributed by atoms with Crippen molar-refractivity contribution in [1.29, 1.82) is 0 Å². The molecule has 1 rings (SSSR count). The topological polar surface area (TPSA) is 95.1 Å². The van der Waals surface area contributed by atoms with Crippen LogP contribution in [0.4, 0.5) is 0 Å². The van der Waals surface area contributed by atoms with E-state index in [-0.39, 0.29) is 23.2 Å². The van der Waals surface area contributed by atoms with Crippen LogP contribution in [0.5, 0.6) is 0 Å². The molecule has 0 aliphatic heterocycles. The zero-order valence-electron chi connectivity index (χ0n) is 7.98. The fraction of sp³-hybridized carbons (Fsp3) is 0.571. The number of hydrogen-bond donors (Lipinski definition) is 3. The number of hydrogen-bond acceptors (Lipinski definition) is 4. The van der Waals surface area contributed by atoms with E-state index < -0.39 is 10.0 Å². The molecule has 0 unspecified atom stereocenters. The number of aliphatic hydroxyl groups is 1. The lowest BCUT2D eigenvalue weighted by atomic mass is 10.4. The van der Waals surface area contributed by atoms with E-state index in [0.29, 0.717) is 0 Å². The van der Waals surface area contributed by atoms with Gasteiger partial charge in [0, 0.05) is 11.6 Å². The highest BCUT2D eigenvalue weighted by Gasteiger charge is 2.20. The zero-order chi connectivity index (χ0) is 10.8. The first-order chi connectivity index (χ1) is 6.47. The second-order valence-corrected chi connectivity index (χ2v) is 4.81. The van der Waals surface area contributed by atoms with Gasteiger partial charge in [0.25, 0.3) is 10.0 Å². The Kier molecular flexibility index (Phi) is 3.25. The van der Waals surface area contributed by atoms with Gasteiger partial charge >= 0.3 is 0 Å². The van der Waals surface area contributed by atoms with Crippen molar-refractivity contribution in [1.82, 2.24) is 14.9 Å². The molecule has 0 amide bonds. The van der Waals surface area contributed by atoms with Crippen molar-refractivity contribution in [3.8, 4) is 0 Å². The van der Waals surface area contributed by atoms with Crippen LogP contribution in [-0.2, 0) is 16.6 Å². The second kappa shape index (κ2) is 4.07. The minimum atomic E-state index is -3.59. The van der Waals surface area contributed by atoms with E-state index in [1.54, 1.807) is 13.8 Å². The second-order valence-electron chi connectivity index (χ2n) is 3.16. The van der Waals surface area contributed by atoms with Gasteiger partial charge in [-0.1, -0.05) is 0 Å². The molecule has 1 heterocycles. The first kappa shape index (κ1) is 11.2. The lowest BCUT2D eigenvalue weighted by Gasteiger charge is -2.08. The Morgan fingerprint density at radius 2 is 2.29 bits per heavy atom. The number of H-pyrrole nitrogens is 1. The van der Waals surface area contributed by atoms with E-state index in [2.05, 4.69) is 14.9 Å². The molecule has 0 radical (unpaired) electrons. The summed E-state index contributed by atoms with van der Waals surface area (Å²) >= 11 is 0. The molecular formula is C7H13N3O3S. The summed E-state index contributed by atoms with van der Waals surface area (Å²) in [5.41, 5.74) is 0.262. The Morgan fingerprint density at radius 1 is 1.64 bits per heavy atom. The summed E-state index contributed by atoms with van der Waals surface area (Å²) < 4.78 is 25.6. The normalized spacial score (nSPS) is 12.3. The smallest absolute Gasteiger partial charge is 0.258 e. The van der Waals surface area contributed by atoms with Gasteiger partial charge in [-0.05, 0) is 13.8 Å². The maximum Gasteiger partial charge on any atom is 0.258 e. The number of aromatic amines is 1. The molecule has 1 aromatic rings. The third kappa shape index (κ3) is 2.31. The molecule has 0 saturated carbocycles. The van der Waals surface area contributed by atoms with Crippen molar-refractivity contribution >= 4 is 10.0 Å². The van der Waals surface area contributed by atoms with E-state index in [1.165, 1.54) is 6.20 Å². The highest BCUT2D eigenvalue weighted by atomic mass is 32.2. The predicted molar refractivity (Wildman–Crippen MR) is 50.0 cm³/mol. The van der Waals surface area contributed by atoms with E-state index in [0.717, 1.165) is 0 Å². The average Bonchev–Trinajstić information content (AvgIpc) is 2.48. The lowest BCUT2D eigenvalue weighted by molar-refractivity contribution is 0.278. The summed E-state index contributed by atoms with van der Waals surface area (Å²) in [6.45, 7) is 3.07. The Balaban J connectivity index is 3.04. The van der Waals surface area contributed by atoms with Gasteiger partial charge in [-0.25, -0.2) is 13.1 Å². The summed E-state index contributed by atoms with van der Waals surface area (Å²) in [5, 5.41) is 14.7. The molecule has 6 nitrogen and oxygen atoms in total. The highest BCUT2D eigenvalue weighted by Crippen LogP contribution is 2.11. The highest BCUT2D eigenvalue weighted by molar-refractivity contribution is 7.89. The van der Waals surface area contributed by atoms with Crippen LogP contribution in [0.3, 0.4) is 0 Å². The predicted octanol–water partition coefficient (Wildman–Crippen LogP) is -0.411. The summed E-state index contributed by atoms with van der Waals surface area (Å²) in [6, 6.07) is -0.199. The molecule has 7 heteroatoms. The van der Waals surface area contributed by atoms with Gasteiger partial charge in [0.1, 0.15) is 0 Å².